The zero-order valence-corrected chi connectivity index (χ0v) is 16.5. The van der Waals surface area contributed by atoms with Crippen molar-refractivity contribution in [3.63, 3.8) is 0 Å². The summed E-state index contributed by atoms with van der Waals surface area (Å²) in [6, 6.07) is 24.0. The zero-order valence-electron chi connectivity index (χ0n) is 16.5. The number of para-hydroxylation sites is 2. The molecule has 0 aromatic heterocycles. The van der Waals surface area contributed by atoms with Crippen LogP contribution in [0.2, 0.25) is 0 Å². The Morgan fingerprint density at radius 1 is 0.862 bits per heavy atom. The van der Waals surface area contributed by atoms with E-state index in [1.54, 1.807) is 43.5 Å². The first-order chi connectivity index (χ1) is 14.1. The molecule has 2 amide bonds. The fourth-order valence-corrected chi connectivity index (χ4v) is 3.04. The van der Waals surface area contributed by atoms with Gasteiger partial charge in [0.25, 0.3) is 5.91 Å². The molecule has 0 saturated carbocycles. The summed E-state index contributed by atoms with van der Waals surface area (Å²) in [5.41, 5.74) is 2.88. The van der Waals surface area contributed by atoms with E-state index in [1.807, 2.05) is 49.4 Å². The highest BCUT2D eigenvalue weighted by Crippen LogP contribution is 2.24. The van der Waals surface area contributed by atoms with Crippen LogP contribution in [-0.2, 0) is 4.79 Å². The van der Waals surface area contributed by atoms with Crippen molar-refractivity contribution in [1.29, 1.82) is 0 Å². The molecule has 0 saturated heterocycles. The molecule has 3 rings (SSSR count). The van der Waals surface area contributed by atoms with Crippen LogP contribution in [0.1, 0.15) is 35.2 Å². The van der Waals surface area contributed by atoms with Crippen molar-refractivity contribution in [1.82, 2.24) is 0 Å². The average Bonchev–Trinajstić information content (AvgIpc) is 2.75. The van der Waals surface area contributed by atoms with Crippen LogP contribution in [0.25, 0.3) is 0 Å². The summed E-state index contributed by atoms with van der Waals surface area (Å²) in [7, 11) is 1.56. The molecule has 0 unspecified atom stereocenters. The molecular formula is C24H24N2O3. The molecule has 0 spiro atoms. The van der Waals surface area contributed by atoms with Crippen molar-refractivity contribution in [3.05, 3.63) is 90.0 Å². The fraction of sp³-hybridized carbons (Fsp3) is 0.167. The van der Waals surface area contributed by atoms with Crippen molar-refractivity contribution in [3.8, 4) is 5.75 Å². The Bertz CT molecular complexity index is 969. The van der Waals surface area contributed by atoms with Gasteiger partial charge in [0.05, 0.1) is 12.8 Å². The number of nitrogens with one attached hydrogen (secondary N) is 2. The normalized spacial score (nSPS) is 11.4. The van der Waals surface area contributed by atoms with Gasteiger partial charge in [0.15, 0.2) is 0 Å². The quantitative estimate of drug-likeness (QED) is 0.593. The highest BCUT2D eigenvalue weighted by atomic mass is 16.5. The largest absolute Gasteiger partial charge is 0.495 e. The van der Waals surface area contributed by atoms with Gasteiger partial charge in [0, 0.05) is 17.7 Å². The summed E-state index contributed by atoms with van der Waals surface area (Å²) in [6.45, 7) is 2.03. The number of hydrogen-bond donors (Lipinski definition) is 2. The molecule has 0 aliphatic heterocycles. The smallest absolute Gasteiger partial charge is 0.255 e. The van der Waals surface area contributed by atoms with Crippen LogP contribution in [0.5, 0.6) is 5.75 Å². The summed E-state index contributed by atoms with van der Waals surface area (Å²) in [6.07, 6.45) is 0.389. The van der Waals surface area contributed by atoms with Gasteiger partial charge in [-0.3, -0.25) is 9.59 Å². The first kappa shape index (κ1) is 20.1. The lowest BCUT2D eigenvalue weighted by atomic mass is 9.97. The molecule has 3 aromatic carbocycles. The average molecular weight is 388 g/mol. The maximum atomic E-state index is 12.5. The van der Waals surface area contributed by atoms with Crippen molar-refractivity contribution in [2.75, 3.05) is 17.7 Å². The Morgan fingerprint density at radius 2 is 1.52 bits per heavy atom. The van der Waals surface area contributed by atoms with Gasteiger partial charge in [-0.05, 0) is 47.9 Å². The van der Waals surface area contributed by atoms with Crippen LogP contribution in [0, 0.1) is 0 Å². The van der Waals surface area contributed by atoms with Crippen LogP contribution in [0.4, 0.5) is 11.4 Å². The van der Waals surface area contributed by atoms with Gasteiger partial charge in [-0.25, -0.2) is 0 Å². The number of carbonyl (C=O) groups is 2. The van der Waals surface area contributed by atoms with Crippen molar-refractivity contribution < 1.29 is 14.3 Å². The number of anilines is 2. The molecule has 148 valence electrons. The lowest BCUT2D eigenvalue weighted by Gasteiger charge is -2.12. The molecule has 5 heteroatoms. The number of benzene rings is 3. The molecule has 0 radical (unpaired) electrons. The molecule has 2 N–H and O–H groups in total. The maximum Gasteiger partial charge on any atom is 0.255 e. The minimum atomic E-state index is -0.245. The fourth-order valence-electron chi connectivity index (χ4n) is 3.04. The topological polar surface area (TPSA) is 67.4 Å². The highest BCUT2D eigenvalue weighted by molar-refractivity contribution is 6.05. The second-order valence-electron chi connectivity index (χ2n) is 6.80. The van der Waals surface area contributed by atoms with E-state index in [9.17, 15) is 9.59 Å². The van der Waals surface area contributed by atoms with Crippen molar-refractivity contribution in [2.24, 2.45) is 0 Å². The molecule has 0 heterocycles. The Labute approximate surface area is 170 Å². The predicted molar refractivity (Wildman–Crippen MR) is 115 cm³/mol. The minimum Gasteiger partial charge on any atom is -0.495 e. The van der Waals surface area contributed by atoms with Gasteiger partial charge >= 0.3 is 0 Å². The number of rotatable bonds is 7. The first-order valence-electron chi connectivity index (χ1n) is 9.46. The van der Waals surface area contributed by atoms with E-state index < -0.39 is 0 Å². The van der Waals surface area contributed by atoms with Crippen LogP contribution in [-0.4, -0.2) is 18.9 Å². The number of ether oxygens (including phenoxy) is 1. The Hall–Kier alpha value is -3.60. The van der Waals surface area contributed by atoms with E-state index in [0.29, 0.717) is 29.1 Å². The zero-order chi connectivity index (χ0) is 20.6. The number of amides is 2. The summed E-state index contributed by atoms with van der Waals surface area (Å²) < 4.78 is 5.25. The van der Waals surface area contributed by atoms with E-state index in [1.165, 1.54) is 0 Å². The van der Waals surface area contributed by atoms with Crippen LogP contribution < -0.4 is 15.4 Å². The van der Waals surface area contributed by atoms with Gasteiger partial charge in [0.2, 0.25) is 5.91 Å². The third-order valence-corrected chi connectivity index (χ3v) is 4.65. The molecule has 29 heavy (non-hydrogen) atoms. The standard InChI is InChI=1S/C24H24N2O3/c1-17(18-8-4-3-5-9-18)16-23(27)25-20-14-12-19(13-15-20)24(28)26-21-10-6-7-11-22(21)29-2/h3-15,17H,16H2,1-2H3,(H,25,27)(H,26,28)/t17-/m0/s1. The monoisotopic (exact) mass is 388 g/mol. The highest BCUT2D eigenvalue weighted by Gasteiger charge is 2.12. The lowest BCUT2D eigenvalue weighted by molar-refractivity contribution is -0.116. The second kappa shape index (κ2) is 9.55. The van der Waals surface area contributed by atoms with Gasteiger partial charge in [-0.2, -0.15) is 0 Å². The number of methoxy groups -OCH3 is 1. The van der Waals surface area contributed by atoms with Gasteiger partial charge < -0.3 is 15.4 Å². The third-order valence-electron chi connectivity index (χ3n) is 4.65. The molecule has 0 aliphatic rings. The van der Waals surface area contributed by atoms with Crippen LogP contribution >= 0.6 is 0 Å². The SMILES string of the molecule is COc1ccccc1NC(=O)c1ccc(NC(=O)C[C@H](C)c2ccccc2)cc1. The number of hydrogen-bond acceptors (Lipinski definition) is 3. The van der Waals surface area contributed by atoms with E-state index in [0.717, 1.165) is 5.56 Å². The molecule has 1 atom stereocenters. The first-order valence-corrected chi connectivity index (χ1v) is 9.46. The number of carbonyl (C=O) groups excluding carboxylic acids is 2. The Balaban J connectivity index is 1.58. The van der Waals surface area contributed by atoms with E-state index in [2.05, 4.69) is 10.6 Å². The van der Waals surface area contributed by atoms with E-state index >= 15 is 0 Å². The molecular weight excluding hydrogens is 364 g/mol. The van der Waals surface area contributed by atoms with Gasteiger partial charge in [0.1, 0.15) is 5.75 Å². The molecule has 3 aromatic rings. The van der Waals surface area contributed by atoms with Crippen LogP contribution in [0.3, 0.4) is 0 Å². The Kier molecular flexibility index (Phi) is 6.63. The molecule has 0 bridgehead atoms. The van der Waals surface area contributed by atoms with Crippen molar-refractivity contribution >= 4 is 23.2 Å². The maximum absolute atomic E-state index is 12.5. The summed E-state index contributed by atoms with van der Waals surface area (Å²) in [5.74, 6) is 0.414. The summed E-state index contributed by atoms with van der Waals surface area (Å²) in [4.78, 5) is 24.8. The van der Waals surface area contributed by atoms with Crippen molar-refractivity contribution in [2.45, 2.75) is 19.3 Å². The minimum absolute atomic E-state index is 0.0624. The van der Waals surface area contributed by atoms with Gasteiger partial charge in [-0.15, -0.1) is 0 Å². The molecule has 0 aliphatic carbocycles. The van der Waals surface area contributed by atoms with Crippen LogP contribution in [0.15, 0.2) is 78.9 Å². The Morgan fingerprint density at radius 3 is 2.21 bits per heavy atom. The molecule has 0 fully saturated rings. The summed E-state index contributed by atoms with van der Waals surface area (Å²) in [5, 5.41) is 5.72. The van der Waals surface area contributed by atoms with Gasteiger partial charge in [-0.1, -0.05) is 49.4 Å². The molecule has 5 nitrogen and oxygen atoms in total. The van der Waals surface area contributed by atoms with E-state index in [4.69, 9.17) is 4.74 Å². The lowest BCUT2D eigenvalue weighted by Crippen LogP contribution is -2.15. The van der Waals surface area contributed by atoms with E-state index in [-0.39, 0.29) is 17.7 Å². The summed E-state index contributed by atoms with van der Waals surface area (Å²) >= 11 is 0. The third kappa shape index (κ3) is 5.45. The predicted octanol–water partition coefficient (Wildman–Crippen LogP) is 5.08. The second-order valence-corrected chi connectivity index (χ2v) is 6.80.